The summed E-state index contributed by atoms with van der Waals surface area (Å²) in [5.41, 5.74) is 2.94. The van der Waals surface area contributed by atoms with Crippen LogP contribution in [0.4, 0.5) is 5.82 Å². The Balaban J connectivity index is 2.03. The number of carbonyl (C=O) groups excluding carboxylic acids is 1. The lowest BCUT2D eigenvalue weighted by atomic mass is 10.1. The van der Waals surface area contributed by atoms with E-state index in [0.717, 1.165) is 16.7 Å². The molecule has 0 saturated carbocycles. The van der Waals surface area contributed by atoms with Crippen LogP contribution in [0.25, 0.3) is 6.08 Å². The number of benzene rings is 1. The molecule has 3 nitrogen and oxygen atoms in total. The average Bonchev–Trinajstić information content (AvgIpc) is 2.40. The smallest absolute Gasteiger partial charge is 0.249 e. The van der Waals surface area contributed by atoms with Crippen LogP contribution < -0.4 is 5.32 Å². The lowest BCUT2D eigenvalue weighted by molar-refractivity contribution is -0.111. The fourth-order valence-corrected chi connectivity index (χ4v) is 1.85. The second kappa shape index (κ2) is 6.35. The van der Waals surface area contributed by atoms with Crippen LogP contribution in [0.2, 0.25) is 5.02 Å². The predicted octanol–water partition coefficient (Wildman–Crippen LogP) is 4.00. The number of amides is 1. The molecule has 20 heavy (non-hydrogen) atoms. The van der Waals surface area contributed by atoms with Crippen LogP contribution in [-0.2, 0) is 4.79 Å². The first-order valence-corrected chi connectivity index (χ1v) is 6.60. The fraction of sp³-hybridized carbons (Fsp3) is 0.125. The van der Waals surface area contributed by atoms with Gasteiger partial charge in [0.25, 0.3) is 0 Å². The van der Waals surface area contributed by atoms with Crippen LogP contribution in [0, 0.1) is 13.8 Å². The summed E-state index contributed by atoms with van der Waals surface area (Å²) in [4.78, 5) is 15.9. The maximum Gasteiger partial charge on any atom is 0.249 e. The molecule has 0 saturated heterocycles. The van der Waals surface area contributed by atoms with Crippen molar-refractivity contribution in [2.45, 2.75) is 13.8 Å². The Hall–Kier alpha value is -2.13. The molecule has 1 aromatic carbocycles. The number of hydrogen-bond acceptors (Lipinski definition) is 2. The summed E-state index contributed by atoms with van der Waals surface area (Å²) in [7, 11) is 0. The average molecular weight is 287 g/mol. The molecule has 0 aliphatic carbocycles. The van der Waals surface area contributed by atoms with E-state index in [0.29, 0.717) is 10.8 Å². The molecule has 0 unspecified atom stereocenters. The number of aromatic nitrogens is 1. The number of pyridine rings is 1. The van der Waals surface area contributed by atoms with Gasteiger partial charge in [-0.3, -0.25) is 4.79 Å². The third-order valence-corrected chi connectivity index (χ3v) is 3.20. The van der Waals surface area contributed by atoms with Crippen LogP contribution in [0.3, 0.4) is 0 Å². The van der Waals surface area contributed by atoms with Crippen molar-refractivity contribution >= 4 is 29.4 Å². The molecule has 2 rings (SSSR count). The number of nitrogens with zero attached hydrogens (tertiary/aromatic N) is 1. The molecule has 1 heterocycles. The van der Waals surface area contributed by atoms with E-state index in [-0.39, 0.29) is 5.91 Å². The first-order chi connectivity index (χ1) is 9.54. The molecule has 1 amide bonds. The zero-order chi connectivity index (χ0) is 14.5. The van der Waals surface area contributed by atoms with Crippen molar-refractivity contribution in [2.24, 2.45) is 0 Å². The Morgan fingerprint density at radius 1 is 1.25 bits per heavy atom. The highest BCUT2D eigenvalue weighted by molar-refractivity contribution is 6.31. The lowest BCUT2D eigenvalue weighted by Gasteiger charge is -2.02. The number of halogens is 1. The van der Waals surface area contributed by atoms with Crippen molar-refractivity contribution in [3.05, 3.63) is 64.3 Å². The Morgan fingerprint density at radius 3 is 2.75 bits per heavy atom. The third kappa shape index (κ3) is 3.93. The predicted molar refractivity (Wildman–Crippen MR) is 82.8 cm³/mol. The molecule has 0 aliphatic rings. The second-order valence-corrected chi connectivity index (χ2v) is 4.96. The van der Waals surface area contributed by atoms with Crippen molar-refractivity contribution in [2.75, 3.05) is 5.32 Å². The van der Waals surface area contributed by atoms with Crippen LogP contribution in [0.15, 0.2) is 42.6 Å². The van der Waals surface area contributed by atoms with Crippen molar-refractivity contribution in [1.82, 2.24) is 4.98 Å². The molecular formula is C16H15ClN2O. The minimum absolute atomic E-state index is 0.222. The summed E-state index contributed by atoms with van der Waals surface area (Å²) in [6.07, 6.45) is 4.84. The fourth-order valence-electron chi connectivity index (χ4n) is 1.66. The molecule has 1 aromatic heterocycles. The van der Waals surface area contributed by atoms with Gasteiger partial charge in [0.05, 0.1) is 0 Å². The van der Waals surface area contributed by atoms with E-state index in [1.165, 1.54) is 6.08 Å². The summed E-state index contributed by atoms with van der Waals surface area (Å²) >= 11 is 6.03. The van der Waals surface area contributed by atoms with E-state index in [4.69, 9.17) is 11.6 Å². The number of rotatable bonds is 3. The second-order valence-electron chi connectivity index (χ2n) is 4.55. The van der Waals surface area contributed by atoms with Gasteiger partial charge in [-0.1, -0.05) is 23.7 Å². The quantitative estimate of drug-likeness (QED) is 0.867. The molecule has 0 radical (unpaired) electrons. The summed E-state index contributed by atoms with van der Waals surface area (Å²) in [6, 6.07) is 9.35. The van der Waals surface area contributed by atoms with Gasteiger partial charge in [-0.2, -0.15) is 0 Å². The Morgan fingerprint density at radius 2 is 2.05 bits per heavy atom. The monoisotopic (exact) mass is 286 g/mol. The van der Waals surface area contributed by atoms with Crippen molar-refractivity contribution < 1.29 is 4.79 Å². The first kappa shape index (κ1) is 14.3. The molecule has 0 bridgehead atoms. The van der Waals surface area contributed by atoms with Gasteiger partial charge in [-0.05, 0) is 54.8 Å². The van der Waals surface area contributed by atoms with Crippen LogP contribution in [0.5, 0.6) is 0 Å². The third-order valence-electron chi connectivity index (χ3n) is 2.79. The molecule has 0 atom stereocenters. The summed E-state index contributed by atoms with van der Waals surface area (Å²) in [5.74, 6) is 0.321. The number of anilines is 1. The van der Waals surface area contributed by atoms with Crippen LogP contribution >= 0.6 is 11.6 Å². The largest absolute Gasteiger partial charge is 0.307 e. The Labute approximate surface area is 123 Å². The molecule has 4 heteroatoms. The minimum Gasteiger partial charge on any atom is -0.307 e. The maximum atomic E-state index is 11.8. The molecule has 2 aromatic rings. The molecule has 1 N–H and O–H groups in total. The highest BCUT2D eigenvalue weighted by Crippen LogP contribution is 2.17. The standard InChI is InChI=1S/C16H15ClN2O/c1-11-7-8-18-15(9-11)19-16(20)6-5-13-4-3-12(2)14(17)10-13/h3-10H,1-2H3,(H,18,19,20)/b6-5+. The SMILES string of the molecule is Cc1ccnc(NC(=O)/C=C/c2ccc(C)c(Cl)c2)c1. The molecule has 0 aliphatic heterocycles. The number of carbonyl (C=O) groups is 1. The highest BCUT2D eigenvalue weighted by atomic mass is 35.5. The van der Waals surface area contributed by atoms with Gasteiger partial charge in [-0.25, -0.2) is 4.98 Å². The van der Waals surface area contributed by atoms with Gasteiger partial charge in [0.1, 0.15) is 5.82 Å². The van der Waals surface area contributed by atoms with Gasteiger partial charge in [0.2, 0.25) is 5.91 Å². The van der Waals surface area contributed by atoms with E-state index in [1.807, 2.05) is 44.2 Å². The summed E-state index contributed by atoms with van der Waals surface area (Å²) < 4.78 is 0. The van der Waals surface area contributed by atoms with E-state index in [1.54, 1.807) is 12.3 Å². The Bertz CT molecular complexity index is 665. The summed E-state index contributed by atoms with van der Waals surface area (Å²) in [6.45, 7) is 3.88. The molecule has 102 valence electrons. The lowest BCUT2D eigenvalue weighted by Crippen LogP contribution is -2.09. The number of nitrogens with one attached hydrogen (secondary N) is 1. The van der Waals surface area contributed by atoms with Crippen molar-refractivity contribution in [3.8, 4) is 0 Å². The molecule has 0 spiro atoms. The zero-order valence-electron chi connectivity index (χ0n) is 11.4. The van der Waals surface area contributed by atoms with E-state index >= 15 is 0 Å². The number of aryl methyl sites for hydroxylation is 2. The molecular weight excluding hydrogens is 272 g/mol. The Kier molecular flexibility index (Phi) is 4.53. The minimum atomic E-state index is -0.222. The van der Waals surface area contributed by atoms with Gasteiger partial charge in [-0.15, -0.1) is 0 Å². The maximum absolute atomic E-state index is 11.8. The normalized spacial score (nSPS) is 10.8. The van der Waals surface area contributed by atoms with Crippen LogP contribution in [0.1, 0.15) is 16.7 Å². The highest BCUT2D eigenvalue weighted by Gasteiger charge is 2.00. The summed E-state index contributed by atoms with van der Waals surface area (Å²) in [5, 5.41) is 3.40. The van der Waals surface area contributed by atoms with Gasteiger partial charge >= 0.3 is 0 Å². The topological polar surface area (TPSA) is 42.0 Å². The van der Waals surface area contributed by atoms with Crippen molar-refractivity contribution in [3.63, 3.8) is 0 Å². The van der Waals surface area contributed by atoms with Gasteiger partial charge < -0.3 is 5.32 Å². The van der Waals surface area contributed by atoms with Crippen molar-refractivity contribution in [1.29, 1.82) is 0 Å². The number of hydrogen-bond donors (Lipinski definition) is 1. The van der Waals surface area contributed by atoms with Gasteiger partial charge in [0, 0.05) is 17.3 Å². The molecule has 0 fully saturated rings. The first-order valence-electron chi connectivity index (χ1n) is 6.22. The van der Waals surface area contributed by atoms with E-state index < -0.39 is 0 Å². The zero-order valence-corrected chi connectivity index (χ0v) is 12.1. The van der Waals surface area contributed by atoms with E-state index in [2.05, 4.69) is 10.3 Å². The van der Waals surface area contributed by atoms with Gasteiger partial charge in [0.15, 0.2) is 0 Å². The van der Waals surface area contributed by atoms with E-state index in [9.17, 15) is 4.79 Å². The van der Waals surface area contributed by atoms with Crippen LogP contribution in [-0.4, -0.2) is 10.9 Å².